The van der Waals surface area contributed by atoms with Gasteiger partial charge in [0.2, 0.25) is 0 Å². The SMILES string of the molecule is CN(Cc1ccc(C(=O)Nc2ccccc2)cc1)c1c(N)n(Cc2ccccc2)c(=O)[nH]c1=O. The van der Waals surface area contributed by atoms with Gasteiger partial charge in [0, 0.05) is 24.8 Å². The van der Waals surface area contributed by atoms with Crippen LogP contribution >= 0.6 is 0 Å². The van der Waals surface area contributed by atoms with E-state index in [2.05, 4.69) is 10.3 Å². The van der Waals surface area contributed by atoms with Crippen molar-refractivity contribution in [3.63, 3.8) is 0 Å². The molecular weight excluding hydrogens is 430 g/mol. The second kappa shape index (κ2) is 9.91. The number of nitrogens with one attached hydrogen (secondary N) is 2. The monoisotopic (exact) mass is 455 g/mol. The lowest BCUT2D eigenvalue weighted by molar-refractivity contribution is 0.102. The molecule has 34 heavy (non-hydrogen) atoms. The third-order valence-corrected chi connectivity index (χ3v) is 5.45. The first-order valence-corrected chi connectivity index (χ1v) is 10.8. The van der Waals surface area contributed by atoms with Crippen molar-refractivity contribution in [3.05, 3.63) is 122 Å². The lowest BCUT2D eigenvalue weighted by atomic mass is 10.1. The topological polar surface area (TPSA) is 113 Å². The smallest absolute Gasteiger partial charge is 0.330 e. The fraction of sp³-hybridized carbons (Fsp3) is 0.115. The van der Waals surface area contributed by atoms with Crippen LogP contribution in [-0.2, 0) is 13.1 Å². The number of amides is 1. The summed E-state index contributed by atoms with van der Waals surface area (Å²) in [6.45, 7) is 0.603. The lowest BCUT2D eigenvalue weighted by Gasteiger charge is -2.22. The molecule has 0 atom stereocenters. The molecule has 0 aliphatic heterocycles. The Bertz CT molecular complexity index is 1390. The van der Waals surface area contributed by atoms with E-state index in [1.165, 1.54) is 4.57 Å². The van der Waals surface area contributed by atoms with Crippen molar-refractivity contribution in [2.24, 2.45) is 0 Å². The first kappa shape index (κ1) is 22.6. The van der Waals surface area contributed by atoms with Gasteiger partial charge in [0.15, 0.2) is 0 Å². The minimum Gasteiger partial charge on any atom is -0.383 e. The molecule has 4 aromatic rings. The third kappa shape index (κ3) is 5.07. The van der Waals surface area contributed by atoms with Crippen molar-refractivity contribution in [2.75, 3.05) is 23.0 Å². The van der Waals surface area contributed by atoms with Crippen LogP contribution in [0.1, 0.15) is 21.5 Å². The van der Waals surface area contributed by atoms with E-state index < -0.39 is 11.2 Å². The highest BCUT2D eigenvalue weighted by atomic mass is 16.2. The van der Waals surface area contributed by atoms with Gasteiger partial charge in [-0.3, -0.25) is 19.1 Å². The number of carbonyl (C=O) groups excluding carboxylic acids is 1. The molecular formula is C26H25N5O3. The van der Waals surface area contributed by atoms with E-state index >= 15 is 0 Å². The molecule has 1 amide bonds. The zero-order valence-electron chi connectivity index (χ0n) is 18.7. The number of hydrogen-bond acceptors (Lipinski definition) is 5. The van der Waals surface area contributed by atoms with E-state index in [0.717, 1.165) is 16.8 Å². The van der Waals surface area contributed by atoms with Crippen LogP contribution in [0.25, 0.3) is 0 Å². The third-order valence-electron chi connectivity index (χ3n) is 5.45. The molecule has 4 N–H and O–H groups in total. The maximum absolute atomic E-state index is 12.6. The van der Waals surface area contributed by atoms with Crippen molar-refractivity contribution in [1.29, 1.82) is 0 Å². The Labute approximate surface area is 196 Å². The largest absolute Gasteiger partial charge is 0.383 e. The van der Waals surface area contributed by atoms with E-state index in [0.29, 0.717) is 12.1 Å². The van der Waals surface area contributed by atoms with E-state index in [1.54, 1.807) is 24.1 Å². The fourth-order valence-electron chi connectivity index (χ4n) is 3.71. The number of nitrogens with zero attached hydrogens (tertiary/aromatic N) is 2. The summed E-state index contributed by atoms with van der Waals surface area (Å²) in [5.74, 6) is -0.112. The molecule has 0 unspecified atom stereocenters. The Balaban J connectivity index is 1.51. The number of nitrogen functional groups attached to an aromatic ring is 1. The predicted octanol–water partition coefficient (Wildman–Crippen LogP) is 3.06. The maximum atomic E-state index is 12.6. The van der Waals surface area contributed by atoms with Crippen LogP contribution in [0.15, 0.2) is 94.5 Å². The van der Waals surface area contributed by atoms with E-state index in [9.17, 15) is 14.4 Å². The van der Waals surface area contributed by atoms with Gasteiger partial charge in [0.1, 0.15) is 11.5 Å². The number of aromatic amines is 1. The molecule has 0 bridgehead atoms. The van der Waals surface area contributed by atoms with Gasteiger partial charge in [-0.1, -0.05) is 60.7 Å². The molecule has 8 nitrogen and oxygen atoms in total. The molecule has 0 saturated carbocycles. The number of carbonyl (C=O) groups is 1. The van der Waals surface area contributed by atoms with Crippen LogP contribution in [0.5, 0.6) is 0 Å². The second-order valence-corrected chi connectivity index (χ2v) is 7.94. The van der Waals surface area contributed by atoms with Crippen LogP contribution in [0, 0.1) is 0 Å². The summed E-state index contributed by atoms with van der Waals surface area (Å²) < 4.78 is 1.35. The normalized spacial score (nSPS) is 10.6. The van der Waals surface area contributed by atoms with Crippen LogP contribution in [-0.4, -0.2) is 22.5 Å². The fourth-order valence-corrected chi connectivity index (χ4v) is 3.71. The average molecular weight is 456 g/mol. The lowest BCUT2D eigenvalue weighted by Crippen LogP contribution is -2.37. The van der Waals surface area contributed by atoms with Crippen molar-refractivity contribution >= 4 is 23.1 Å². The van der Waals surface area contributed by atoms with Crippen LogP contribution in [0.3, 0.4) is 0 Å². The highest BCUT2D eigenvalue weighted by Gasteiger charge is 2.17. The van der Waals surface area contributed by atoms with Gasteiger partial charge in [-0.15, -0.1) is 0 Å². The van der Waals surface area contributed by atoms with Crippen molar-refractivity contribution < 1.29 is 4.79 Å². The summed E-state index contributed by atoms with van der Waals surface area (Å²) in [6, 6.07) is 25.7. The minimum absolute atomic E-state index is 0.0963. The van der Waals surface area contributed by atoms with E-state index in [-0.39, 0.29) is 24.0 Å². The van der Waals surface area contributed by atoms with Crippen molar-refractivity contribution in [1.82, 2.24) is 9.55 Å². The molecule has 0 fully saturated rings. The molecule has 0 spiro atoms. The van der Waals surface area contributed by atoms with Gasteiger partial charge in [0.25, 0.3) is 11.5 Å². The summed E-state index contributed by atoms with van der Waals surface area (Å²) in [5.41, 5.74) is 8.38. The zero-order chi connectivity index (χ0) is 24.1. The summed E-state index contributed by atoms with van der Waals surface area (Å²) in [4.78, 5) is 41.5. The van der Waals surface area contributed by atoms with Crippen molar-refractivity contribution in [3.8, 4) is 0 Å². The first-order chi connectivity index (χ1) is 16.4. The quantitative estimate of drug-likeness (QED) is 0.396. The molecule has 8 heteroatoms. The summed E-state index contributed by atoms with van der Waals surface area (Å²) in [7, 11) is 1.73. The highest BCUT2D eigenvalue weighted by Crippen LogP contribution is 2.19. The number of para-hydroxylation sites is 1. The Kier molecular flexibility index (Phi) is 6.59. The van der Waals surface area contributed by atoms with Crippen LogP contribution in [0.2, 0.25) is 0 Å². The van der Waals surface area contributed by atoms with E-state index in [4.69, 9.17) is 5.73 Å². The summed E-state index contributed by atoms with van der Waals surface area (Å²) >= 11 is 0. The van der Waals surface area contributed by atoms with Gasteiger partial charge >= 0.3 is 5.69 Å². The first-order valence-electron chi connectivity index (χ1n) is 10.8. The number of nitrogens with two attached hydrogens (primary N) is 1. The Morgan fingerprint density at radius 2 is 1.53 bits per heavy atom. The zero-order valence-corrected chi connectivity index (χ0v) is 18.7. The van der Waals surface area contributed by atoms with Crippen LogP contribution < -0.4 is 27.2 Å². The number of anilines is 3. The Morgan fingerprint density at radius 1 is 0.912 bits per heavy atom. The van der Waals surface area contributed by atoms with Gasteiger partial charge in [-0.2, -0.15) is 0 Å². The molecule has 1 heterocycles. The molecule has 1 aromatic heterocycles. The van der Waals surface area contributed by atoms with Crippen molar-refractivity contribution in [2.45, 2.75) is 13.1 Å². The van der Waals surface area contributed by atoms with Gasteiger partial charge in [0.05, 0.1) is 6.54 Å². The number of benzene rings is 3. The minimum atomic E-state index is -0.558. The number of aromatic nitrogens is 2. The van der Waals surface area contributed by atoms with E-state index in [1.807, 2.05) is 72.8 Å². The number of H-pyrrole nitrogens is 1. The average Bonchev–Trinajstić information content (AvgIpc) is 2.83. The molecule has 3 aromatic carbocycles. The van der Waals surface area contributed by atoms with Gasteiger partial charge in [-0.25, -0.2) is 4.79 Å². The molecule has 0 aliphatic rings. The molecule has 0 saturated heterocycles. The molecule has 172 valence electrons. The van der Waals surface area contributed by atoms with Gasteiger partial charge < -0.3 is 16.0 Å². The Morgan fingerprint density at radius 3 is 2.18 bits per heavy atom. The summed E-state index contributed by atoms with van der Waals surface area (Å²) in [5, 5.41) is 2.85. The van der Waals surface area contributed by atoms with Gasteiger partial charge in [-0.05, 0) is 35.4 Å². The summed E-state index contributed by atoms with van der Waals surface area (Å²) in [6.07, 6.45) is 0. The Hall–Kier alpha value is -4.59. The standard InChI is InChI=1S/C26H25N5O3/c1-30(16-19-12-14-20(15-13-19)24(32)28-21-10-6-3-7-11-21)22-23(27)31(26(34)29-25(22)33)17-18-8-4-2-5-9-18/h2-15H,16-17,27H2,1H3,(H,28,32)(H,29,33,34). The molecule has 4 rings (SSSR count). The molecule has 0 radical (unpaired) electrons. The van der Waals surface area contributed by atoms with Crippen LogP contribution in [0.4, 0.5) is 17.2 Å². The second-order valence-electron chi connectivity index (χ2n) is 7.94. The number of hydrogen-bond donors (Lipinski definition) is 3. The number of rotatable bonds is 7. The highest BCUT2D eigenvalue weighted by molar-refractivity contribution is 6.04. The maximum Gasteiger partial charge on any atom is 0.330 e. The molecule has 0 aliphatic carbocycles. The predicted molar refractivity (Wildman–Crippen MR) is 134 cm³/mol.